The average Bonchev–Trinajstić information content (AvgIpc) is 2.41. The predicted octanol–water partition coefficient (Wildman–Crippen LogP) is 3.56. The largest absolute Gasteiger partial charge is 0.493 e. The Balaban J connectivity index is 1.80. The summed E-state index contributed by atoms with van der Waals surface area (Å²) in [6, 6.07) is 11.3. The second-order valence-electron chi connectivity index (χ2n) is 4.30. The Bertz CT molecular complexity index is 602. The first-order chi connectivity index (χ1) is 9.65. The number of aryl methyl sites for hydroxylation is 1. The molecule has 0 fully saturated rings. The van der Waals surface area contributed by atoms with Crippen LogP contribution in [0, 0.1) is 6.92 Å². The molecule has 1 aromatic heterocycles. The van der Waals surface area contributed by atoms with E-state index in [9.17, 15) is 4.79 Å². The fourth-order valence-electron chi connectivity index (χ4n) is 1.66. The molecule has 2 aromatic rings. The molecule has 0 spiro atoms. The molecule has 0 bridgehead atoms. The van der Waals surface area contributed by atoms with Gasteiger partial charge in [0.25, 0.3) is 0 Å². The molecule has 0 unspecified atom stereocenters. The number of nitrogens with zero attached hydrogens (tertiary/aromatic N) is 1. The number of rotatable bonds is 5. The van der Waals surface area contributed by atoms with Gasteiger partial charge in [-0.2, -0.15) is 0 Å². The molecule has 1 amide bonds. The zero-order chi connectivity index (χ0) is 14.4. The predicted molar refractivity (Wildman–Crippen MR) is 81.9 cm³/mol. The summed E-state index contributed by atoms with van der Waals surface area (Å²) in [5.41, 5.74) is 1.79. The summed E-state index contributed by atoms with van der Waals surface area (Å²) >= 11 is 3.28. The van der Waals surface area contributed by atoms with Crippen molar-refractivity contribution in [2.75, 3.05) is 11.9 Å². The zero-order valence-corrected chi connectivity index (χ0v) is 12.7. The normalized spacial score (nSPS) is 10.1. The second kappa shape index (κ2) is 7.05. The molecule has 0 atom stereocenters. The number of ether oxygens (including phenoxy) is 1. The first-order valence-corrected chi connectivity index (χ1v) is 7.04. The average molecular weight is 335 g/mol. The van der Waals surface area contributed by atoms with Crippen LogP contribution in [0.3, 0.4) is 0 Å². The summed E-state index contributed by atoms with van der Waals surface area (Å²) in [4.78, 5) is 15.8. The minimum Gasteiger partial charge on any atom is -0.493 e. The molecule has 0 aliphatic carbocycles. The molecular weight excluding hydrogens is 320 g/mol. The number of benzene rings is 1. The van der Waals surface area contributed by atoms with Crippen molar-refractivity contribution in [2.45, 2.75) is 13.3 Å². The van der Waals surface area contributed by atoms with Crippen molar-refractivity contribution in [3.8, 4) is 5.75 Å². The first kappa shape index (κ1) is 14.5. The lowest BCUT2D eigenvalue weighted by atomic mass is 10.2. The third-order valence-corrected chi connectivity index (χ3v) is 3.25. The monoisotopic (exact) mass is 334 g/mol. The van der Waals surface area contributed by atoms with Crippen LogP contribution < -0.4 is 10.1 Å². The lowest BCUT2D eigenvalue weighted by Crippen LogP contribution is -2.15. The Morgan fingerprint density at radius 3 is 2.95 bits per heavy atom. The molecule has 0 aliphatic heterocycles. The number of amides is 1. The van der Waals surface area contributed by atoms with Gasteiger partial charge in [0.15, 0.2) is 0 Å². The maximum atomic E-state index is 11.8. The summed E-state index contributed by atoms with van der Waals surface area (Å²) in [7, 11) is 0. The second-order valence-corrected chi connectivity index (χ2v) is 5.06. The molecule has 0 aliphatic rings. The van der Waals surface area contributed by atoms with Crippen LogP contribution in [0.25, 0.3) is 0 Å². The summed E-state index contributed by atoms with van der Waals surface area (Å²) in [6.45, 7) is 2.34. The Morgan fingerprint density at radius 1 is 1.35 bits per heavy atom. The van der Waals surface area contributed by atoms with Crippen LogP contribution in [0.4, 0.5) is 5.69 Å². The lowest BCUT2D eigenvalue weighted by Gasteiger charge is -2.08. The Morgan fingerprint density at radius 2 is 2.20 bits per heavy atom. The number of aromatic nitrogens is 1. The van der Waals surface area contributed by atoms with E-state index in [1.54, 1.807) is 18.3 Å². The van der Waals surface area contributed by atoms with Gasteiger partial charge in [0, 0.05) is 6.20 Å². The Hall–Kier alpha value is -1.88. The van der Waals surface area contributed by atoms with Gasteiger partial charge >= 0.3 is 0 Å². The minimum atomic E-state index is -0.105. The fourth-order valence-corrected chi connectivity index (χ4v) is 2.01. The minimum absolute atomic E-state index is 0.105. The quantitative estimate of drug-likeness (QED) is 0.850. The van der Waals surface area contributed by atoms with Gasteiger partial charge in [0.2, 0.25) is 5.91 Å². The maximum Gasteiger partial charge on any atom is 0.227 e. The topological polar surface area (TPSA) is 51.2 Å². The van der Waals surface area contributed by atoms with Crippen LogP contribution in [-0.2, 0) is 4.79 Å². The lowest BCUT2D eigenvalue weighted by molar-refractivity contribution is -0.116. The first-order valence-electron chi connectivity index (χ1n) is 6.25. The van der Waals surface area contributed by atoms with Gasteiger partial charge in [0.1, 0.15) is 10.4 Å². The van der Waals surface area contributed by atoms with Gasteiger partial charge < -0.3 is 10.1 Å². The van der Waals surface area contributed by atoms with Gasteiger partial charge in [-0.1, -0.05) is 12.1 Å². The molecular formula is C15H15BrN2O2. The van der Waals surface area contributed by atoms with Crippen molar-refractivity contribution in [1.82, 2.24) is 4.98 Å². The van der Waals surface area contributed by atoms with Gasteiger partial charge in [-0.15, -0.1) is 0 Å². The molecule has 5 heteroatoms. The molecule has 0 radical (unpaired) electrons. The molecule has 1 aromatic carbocycles. The van der Waals surface area contributed by atoms with Crippen LogP contribution >= 0.6 is 15.9 Å². The number of hydrogen-bond acceptors (Lipinski definition) is 3. The SMILES string of the molecule is Cc1cccc(OCCC(=O)Nc2cccnc2Br)c1. The summed E-state index contributed by atoms with van der Waals surface area (Å²) in [5, 5.41) is 2.78. The van der Waals surface area contributed by atoms with Crippen LogP contribution in [0.2, 0.25) is 0 Å². The number of nitrogens with one attached hydrogen (secondary N) is 1. The van der Waals surface area contributed by atoms with Crippen LogP contribution in [0.5, 0.6) is 5.75 Å². The standard InChI is InChI=1S/C15H15BrN2O2/c1-11-4-2-5-12(10-11)20-9-7-14(19)18-13-6-3-8-17-15(13)16/h2-6,8,10H,7,9H2,1H3,(H,18,19). The molecule has 20 heavy (non-hydrogen) atoms. The highest BCUT2D eigenvalue weighted by atomic mass is 79.9. The highest BCUT2D eigenvalue weighted by Gasteiger charge is 2.06. The van der Waals surface area contributed by atoms with Gasteiger partial charge in [-0.05, 0) is 52.7 Å². The summed E-state index contributed by atoms with van der Waals surface area (Å²) < 4.78 is 6.16. The van der Waals surface area contributed by atoms with Crippen molar-refractivity contribution < 1.29 is 9.53 Å². The van der Waals surface area contributed by atoms with E-state index >= 15 is 0 Å². The van der Waals surface area contributed by atoms with E-state index in [2.05, 4.69) is 26.2 Å². The van der Waals surface area contributed by atoms with E-state index in [0.717, 1.165) is 11.3 Å². The van der Waals surface area contributed by atoms with Crippen LogP contribution in [0.1, 0.15) is 12.0 Å². The number of anilines is 1. The third-order valence-electron chi connectivity index (χ3n) is 2.62. The maximum absolute atomic E-state index is 11.8. The molecule has 0 saturated heterocycles. The van der Waals surface area contributed by atoms with Crippen LogP contribution in [0.15, 0.2) is 47.2 Å². The van der Waals surface area contributed by atoms with Crippen molar-refractivity contribution in [2.24, 2.45) is 0 Å². The molecule has 2 rings (SSSR count). The molecule has 104 valence electrons. The van der Waals surface area contributed by atoms with Crippen molar-refractivity contribution in [1.29, 1.82) is 0 Å². The molecule has 4 nitrogen and oxygen atoms in total. The van der Waals surface area contributed by atoms with E-state index < -0.39 is 0 Å². The van der Waals surface area contributed by atoms with Crippen molar-refractivity contribution >= 4 is 27.5 Å². The van der Waals surface area contributed by atoms with Crippen LogP contribution in [-0.4, -0.2) is 17.5 Å². The zero-order valence-electron chi connectivity index (χ0n) is 11.1. The smallest absolute Gasteiger partial charge is 0.227 e. The van der Waals surface area contributed by atoms with Gasteiger partial charge in [0.05, 0.1) is 18.7 Å². The van der Waals surface area contributed by atoms with Crippen molar-refractivity contribution in [3.05, 3.63) is 52.8 Å². The number of carbonyl (C=O) groups is 1. The summed E-state index contributed by atoms with van der Waals surface area (Å²) in [6.07, 6.45) is 1.94. The highest BCUT2D eigenvalue weighted by molar-refractivity contribution is 9.10. The van der Waals surface area contributed by atoms with E-state index in [4.69, 9.17) is 4.74 Å². The van der Waals surface area contributed by atoms with E-state index in [1.807, 2.05) is 31.2 Å². The Kier molecular flexibility index (Phi) is 5.12. The van der Waals surface area contributed by atoms with Gasteiger partial charge in [-0.25, -0.2) is 4.98 Å². The van der Waals surface area contributed by atoms with E-state index in [-0.39, 0.29) is 12.3 Å². The number of carbonyl (C=O) groups excluding carboxylic acids is 1. The van der Waals surface area contributed by atoms with Gasteiger partial charge in [-0.3, -0.25) is 4.79 Å². The summed E-state index contributed by atoms with van der Waals surface area (Å²) in [5.74, 6) is 0.673. The third kappa shape index (κ3) is 4.35. The molecule has 0 saturated carbocycles. The van der Waals surface area contributed by atoms with E-state index in [1.165, 1.54) is 0 Å². The molecule has 1 N–H and O–H groups in total. The number of halogens is 1. The number of pyridine rings is 1. The highest BCUT2D eigenvalue weighted by Crippen LogP contribution is 2.18. The number of hydrogen-bond donors (Lipinski definition) is 1. The van der Waals surface area contributed by atoms with Crippen molar-refractivity contribution in [3.63, 3.8) is 0 Å². The Labute approximate surface area is 126 Å². The van der Waals surface area contributed by atoms with E-state index in [0.29, 0.717) is 16.9 Å². The fraction of sp³-hybridized carbons (Fsp3) is 0.200. The molecule has 1 heterocycles.